The third-order valence-corrected chi connectivity index (χ3v) is 15.5. The zero-order chi connectivity index (χ0) is 64.2. The molecule has 474 valence electrons. The number of allylic oxidation sites excluding steroid dienone is 1. The molecule has 0 bridgehead atoms. The van der Waals surface area contributed by atoms with Gasteiger partial charge in [-0.25, -0.2) is 8.78 Å². The molecular formula is C70H102Cl2F2N8O3S. The number of carbonyl (C=O) groups is 2. The second-order valence-electron chi connectivity index (χ2n) is 22.6. The number of nitrogens with one attached hydrogen (secondary N) is 4. The number of aldehydes is 2. The number of unbranched alkanes of at least 4 members (excludes halogenated alkanes) is 7. The van der Waals surface area contributed by atoms with E-state index in [1.54, 1.807) is 35.6 Å². The smallest absolute Gasteiger partial charge is 0.160 e. The van der Waals surface area contributed by atoms with Crippen molar-refractivity contribution in [2.24, 2.45) is 10.4 Å². The molecular weight excluding hydrogens is 1140 g/mol. The first-order valence-electron chi connectivity index (χ1n) is 30.6. The number of rotatable bonds is 22. The number of hydrogen-bond acceptors (Lipinski definition) is 11. The number of benzene rings is 4. The number of thiophene rings is 1. The number of carbonyl (C=O) groups excluding carboxylic acids is 2. The Balaban J connectivity index is 0.000000379. The van der Waals surface area contributed by atoms with Crippen LogP contribution in [0.5, 0.6) is 0 Å². The number of halogens is 4. The minimum absolute atomic E-state index is 0.00202. The van der Waals surface area contributed by atoms with Crippen LogP contribution in [-0.2, 0) is 22.5 Å². The minimum Gasteiger partial charge on any atom is -0.388 e. The maximum absolute atomic E-state index is 14.4. The van der Waals surface area contributed by atoms with Crippen LogP contribution in [0.2, 0.25) is 10.0 Å². The van der Waals surface area contributed by atoms with Gasteiger partial charge in [-0.1, -0.05) is 140 Å². The number of hydrogen-bond donors (Lipinski definition) is 4. The van der Waals surface area contributed by atoms with Gasteiger partial charge in [0.25, 0.3) is 0 Å². The topological polar surface area (TPSA) is 135 Å². The van der Waals surface area contributed by atoms with E-state index in [2.05, 4.69) is 91.1 Å². The van der Waals surface area contributed by atoms with Gasteiger partial charge in [-0.05, 0) is 176 Å². The molecule has 2 aliphatic heterocycles. The summed E-state index contributed by atoms with van der Waals surface area (Å²) < 4.78 is 36.6. The van der Waals surface area contributed by atoms with E-state index >= 15 is 0 Å². The number of aryl methyl sites for hydroxylation is 4. The Kier molecular flexibility index (Phi) is 37.8. The molecule has 3 atom stereocenters. The zero-order valence-corrected chi connectivity index (χ0v) is 56.8. The summed E-state index contributed by atoms with van der Waals surface area (Å²) in [5, 5.41) is 22.9. The quantitative estimate of drug-likeness (QED) is 0.0298. The van der Waals surface area contributed by atoms with E-state index in [0.29, 0.717) is 29.6 Å². The summed E-state index contributed by atoms with van der Waals surface area (Å²) >= 11 is 13.7. The van der Waals surface area contributed by atoms with Crippen LogP contribution in [0.15, 0.2) is 96.5 Å². The van der Waals surface area contributed by atoms with E-state index in [1.165, 1.54) is 91.5 Å². The van der Waals surface area contributed by atoms with E-state index in [1.807, 2.05) is 104 Å². The second kappa shape index (κ2) is 42.4. The summed E-state index contributed by atoms with van der Waals surface area (Å²) in [6, 6.07) is 22.6. The molecule has 0 aliphatic carbocycles. The van der Waals surface area contributed by atoms with Gasteiger partial charge in [0.15, 0.2) is 5.82 Å². The number of anilines is 1. The maximum Gasteiger partial charge on any atom is 0.160 e. The van der Waals surface area contributed by atoms with Gasteiger partial charge in [0.2, 0.25) is 0 Å². The van der Waals surface area contributed by atoms with Crippen LogP contribution in [0, 0.1) is 44.7 Å². The predicted octanol–water partition coefficient (Wildman–Crippen LogP) is 17.5. The first kappa shape index (κ1) is 76.6. The Bertz CT molecular complexity index is 2920. The van der Waals surface area contributed by atoms with Crippen molar-refractivity contribution in [1.82, 2.24) is 30.7 Å². The Labute approximate surface area is 530 Å². The highest BCUT2D eigenvalue weighted by Crippen LogP contribution is 2.42. The second-order valence-corrected chi connectivity index (χ2v) is 24.6. The zero-order valence-electron chi connectivity index (χ0n) is 54.4. The molecule has 1 saturated heterocycles. The van der Waals surface area contributed by atoms with E-state index in [-0.39, 0.29) is 16.8 Å². The van der Waals surface area contributed by atoms with Crippen LogP contribution < -0.4 is 21.3 Å². The number of fused-ring (bicyclic) bond motifs is 3. The summed E-state index contributed by atoms with van der Waals surface area (Å²) in [6.07, 6.45) is 16.1. The molecule has 0 spiro atoms. The summed E-state index contributed by atoms with van der Waals surface area (Å²) in [6.45, 7) is 33.3. The van der Waals surface area contributed by atoms with Gasteiger partial charge in [0.1, 0.15) is 41.6 Å². The molecule has 4 heterocycles. The largest absolute Gasteiger partial charge is 0.388 e. The molecule has 0 radical (unpaired) electrons. The Morgan fingerprint density at radius 3 is 1.95 bits per heavy atom. The van der Waals surface area contributed by atoms with Gasteiger partial charge in [-0.3, -0.25) is 14.4 Å². The molecule has 16 heteroatoms. The lowest BCUT2D eigenvalue weighted by Crippen LogP contribution is -2.28. The van der Waals surface area contributed by atoms with Crippen LogP contribution in [0.1, 0.15) is 191 Å². The van der Waals surface area contributed by atoms with Crippen molar-refractivity contribution in [3.63, 3.8) is 0 Å². The molecule has 0 amide bonds. The Morgan fingerprint density at radius 1 is 0.802 bits per heavy atom. The van der Waals surface area contributed by atoms with Crippen molar-refractivity contribution in [2.45, 2.75) is 172 Å². The number of aliphatic imine (C=N–C) groups is 1. The molecule has 2 aliphatic rings. The molecule has 6 aromatic rings. The van der Waals surface area contributed by atoms with E-state index in [0.717, 1.165) is 95.1 Å². The fourth-order valence-electron chi connectivity index (χ4n) is 9.44. The van der Waals surface area contributed by atoms with Gasteiger partial charge in [0, 0.05) is 70.9 Å². The van der Waals surface area contributed by atoms with Crippen molar-refractivity contribution >= 4 is 58.5 Å². The van der Waals surface area contributed by atoms with Crippen LogP contribution in [0.25, 0.3) is 5.00 Å². The van der Waals surface area contributed by atoms with Crippen molar-refractivity contribution < 1.29 is 23.1 Å². The lowest BCUT2D eigenvalue weighted by molar-refractivity contribution is -0.109. The fourth-order valence-corrected chi connectivity index (χ4v) is 11.0. The molecule has 86 heavy (non-hydrogen) atoms. The normalized spacial score (nSPS) is 14.5. The fraction of sp³-hybridized carbons (Fsp3) is 0.500. The summed E-state index contributed by atoms with van der Waals surface area (Å²) in [5.74, 6) is 0.0641. The van der Waals surface area contributed by atoms with Crippen LogP contribution in [0.4, 0.5) is 14.5 Å². The standard InChI is InChI=1S/C18H16ClF2NO.C17H15ClN4S.C15H34N2O.C10H13NO.C5H12.C3H6.C2H6/c1-10-5-6-11(15(20)7-10)13-8-22-16(9-23)17(13)12-3-2-4-14(19)18(12)21;1-9-10(2)23-17-15(9)16(12-4-6-13(18)7-5-12)19-8-14-21-20-11(3)22(14)17;1-16-12-8-5-3-4-6-10-14-18-15-11-7-9-13-17-2;1-3-9-6-8(7-12)4-5-10(9)11-2;1-5(2,3)4;1-3-2;1-2/h2-7,9,13,16-17,22H,8H2,1H3;4-7H,8H2,1-3H3;16-17H,3-15H2,1-2H3;4-7,11H,3H2,1-2H3;1-4H3;3H,1H2,2H3;1-2H3/t13?,16?,17-;;;;;;/m0....../s1. The van der Waals surface area contributed by atoms with Gasteiger partial charge in [-0.15, -0.1) is 28.1 Å². The monoisotopic (exact) mass is 1240 g/mol. The van der Waals surface area contributed by atoms with Gasteiger partial charge in [0.05, 0.1) is 16.8 Å². The molecule has 8 rings (SSSR count). The number of ether oxygens (including phenoxy) is 1. The van der Waals surface area contributed by atoms with Crippen LogP contribution >= 0.6 is 34.5 Å². The van der Waals surface area contributed by atoms with Crippen molar-refractivity contribution in [2.75, 3.05) is 59.3 Å². The molecule has 4 N–H and O–H groups in total. The lowest BCUT2D eigenvalue weighted by atomic mass is 9.80. The summed E-state index contributed by atoms with van der Waals surface area (Å²) in [4.78, 5) is 28.0. The third-order valence-electron chi connectivity index (χ3n) is 13.7. The van der Waals surface area contributed by atoms with E-state index < -0.39 is 17.8 Å². The van der Waals surface area contributed by atoms with Gasteiger partial charge in [-0.2, -0.15) is 0 Å². The Hall–Kier alpha value is -5.45. The first-order chi connectivity index (χ1) is 41.2. The highest BCUT2D eigenvalue weighted by molar-refractivity contribution is 7.15. The highest BCUT2D eigenvalue weighted by atomic mass is 35.5. The number of aromatic nitrogens is 3. The lowest BCUT2D eigenvalue weighted by Gasteiger charge is -2.23. The van der Waals surface area contributed by atoms with Gasteiger partial charge >= 0.3 is 0 Å². The number of nitrogens with zero attached hydrogens (tertiary/aromatic N) is 4. The molecule has 0 saturated carbocycles. The third kappa shape index (κ3) is 26.1. The van der Waals surface area contributed by atoms with Crippen molar-refractivity contribution in [1.29, 1.82) is 0 Å². The van der Waals surface area contributed by atoms with E-state index in [4.69, 9.17) is 32.9 Å². The van der Waals surface area contributed by atoms with Crippen LogP contribution in [-0.4, -0.2) is 93.1 Å². The molecule has 4 aromatic carbocycles. The van der Waals surface area contributed by atoms with Crippen molar-refractivity contribution in [3.05, 3.63) is 174 Å². The maximum atomic E-state index is 14.4. The Morgan fingerprint density at radius 2 is 1.40 bits per heavy atom. The molecule has 1 fully saturated rings. The van der Waals surface area contributed by atoms with Gasteiger partial charge < -0.3 is 30.8 Å². The average molecular weight is 1240 g/mol. The SMILES string of the molecule is C=CC.CC.CC(C)(C)C.CCc1cc(C=O)ccc1NC.CNCCCCCCCCOCCCCCNC.Cc1ccc(C2CNC(C=O)[C@H]2c2cccc(Cl)c2F)c(F)c1.Cc1sc2c(c1C)C(c1ccc(Cl)cc1)=NCc1nnc(C)n1-2. The average Bonchev–Trinajstić information content (AvgIpc) is 1.79. The first-order valence-corrected chi connectivity index (χ1v) is 32.2. The highest BCUT2D eigenvalue weighted by Gasteiger charge is 2.40. The van der Waals surface area contributed by atoms with Crippen molar-refractivity contribution in [3.8, 4) is 5.00 Å². The van der Waals surface area contributed by atoms with E-state index in [9.17, 15) is 18.4 Å². The van der Waals surface area contributed by atoms with Crippen LogP contribution in [0.3, 0.4) is 0 Å². The molecule has 11 nitrogen and oxygen atoms in total. The molecule has 2 unspecified atom stereocenters. The minimum atomic E-state index is -0.575. The summed E-state index contributed by atoms with van der Waals surface area (Å²) in [7, 11) is 5.92. The predicted molar refractivity (Wildman–Crippen MR) is 363 cm³/mol. The summed E-state index contributed by atoms with van der Waals surface area (Å²) in [5.41, 5.74) is 9.68. The molecule has 2 aromatic heterocycles.